The highest BCUT2D eigenvalue weighted by Crippen LogP contribution is 2.38. The molecule has 0 radical (unpaired) electrons. The van der Waals surface area contributed by atoms with E-state index in [1.165, 1.54) is 4.88 Å². The molecule has 1 aliphatic heterocycles. The lowest BCUT2D eigenvalue weighted by Gasteiger charge is -2.40. The van der Waals surface area contributed by atoms with Gasteiger partial charge in [-0.25, -0.2) is 0 Å². The number of hydrogen-bond donors (Lipinski definition) is 1. The molecule has 1 aromatic rings. The first-order chi connectivity index (χ1) is 6.18. The molecule has 1 aliphatic rings. The Morgan fingerprint density at radius 2 is 2.31 bits per heavy atom. The van der Waals surface area contributed by atoms with Gasteiger partial charge in [0.25, 0.3) is 0 Å². The average molecular weight is 216 g/mol. The maximum absolute atomic E-state index is 5.90. The summed E-state index contributed by atoms with van der Waals surface area (Å²) in [6, 6.07) is 4.68. The Labute approximate surface area is 88.1 Å². The zero-order valence-electron chi connectivity index (χ0n) is 7.88. The van der Waals surface area contributed by atoms with Crippen LogP contribution in [0.25, 0.3) is 0 Å². The van der Waals surface area contributed by atoms with Crippen molar-refractivity contribution in [2.45, 2.75) is 19.9 Å². The third-order valence-corrected chi connectivity index (χ3v) is 4.07. The third-order valence-electron chi connectivity index (χ3n) is 2.76. The molecule has 3 heteroatoms. The molecule has 0 saturated carbocycles. The van der Waals surface area contributed by atoms with Crippen LogP contribution in [-0.4, -0.2) is 6.54 Å². The number of rotatable bonds is 2. The molecule has 0 bridgehead atoms. The third kappa shape index (κ3) is 1.76. The van der Waals surface area contributed by atoms with Crippen molar-refractivity contribution in [1.29, 1.82) is 0 Å². The Morgan fingerprint density at radius 3 is 2.69 bits per heavy atom. The molecular weight excluding hydrogens is 202 g/mol. The molecule has 2 heterocycles. The minimum absolute atomic E-state index is 0.553. The first-order valence-corrected chi connectivity index (χ1v) is 5.86. The van der Waals surface area contributed by atoms with Crippen molar-refractivity contribution in [3.8, 4) is 0 Å². The zero-order chi connectivity index (χ0) is 9.42. The SMILES string of the molecule is CC(C)C1CNC1c1ccc(Cl)s1. The van der Waals surface area contributed by atoms with Crippen molar-refractivity contribution < 1.29 is 0 Å². The van der Waals surface area contributed by atoms with Crippen molar-refractivity contribution in [3.63, 3.8) is 0 Å². The van der Waals surface area contributed by atoms with Crippen LogP contribution in [0.5, 0.6) is 0 Å². The fourth-order valence-corrected chi connectivity index (χ4v) is 3.01. The lowest BCUT2D eigenvalue weighted by Crippen LogP contribution is -2.47. The fourth-order valence-electron chi connectivity index (χ4n) is 1.80. The lowest BCUT2D eigenvalue weighted by molar-refractivity contribution is 0.177. The van der Waals surface area contributed by atoms with Crippen molar-refractivity contribution in [2.75, 3.05) is 6.54 Å². The molecule has 2 atom stereocenters. The van der Waals surface area contributed by atoms with Crippen LogP contribution < -0.4 is 5.32 Å². The van der Waals surface area contributed by atoms with Gasteiger partial charge in [0.15, 0.2) is 0 Å². The zero-order valence-corrected chi connectivity index (χ0v) is 9.45. The molecule has 0 amide bonds. The molecule has 13 heavy (non-hydrogen) atoms. The summed E-state index contributed by atoms with van der Waals surface area (Å²) in [6.45, 7) is 5.72. The summed E-state index contributed by atoms with van der Waals surface area (Å²) in [4.78, 5) is 1.38. The summed E-state index contributed by atoms with van der Waals surface area (Å²) >= 11 is 7.60. The Bertz CT molecular complexity index is 295. The summed E-state index contributed by atoms with van der Waals surface area (Å²) in [7, 11) is 0. The van der Waals surface area contributed by atoms with E-state index in [-0.39, 0.29) is 0 Å². The van der Waals surface area contributed by atoms with Gasteiger partial charge < -0.3 is 5.32 Å². The fraction of sp³-hybridized carbons (Fsp3) is 0.600. The highest BCUT2D eigenvalue weighted by atomic mass is 35.5. The molecule has 0 spiro atoms. The summed E-state index contributed by atoms with van der Waals surface area (Å²) < 4.78 is 0.895. The Kier molecular flexibility index (Phi) is 2.63. The smallest absolute Gasteiger partial charge is 0.0931 e. The second kappa shape index (κ2) is 3.60. The van der Waals surface area contributed by atoms with E-state index in [0.717, 1.165) is 22.7 Å². The Balaban J connectivity index is 2.10. The van der Waals surface area contributed by atoms with Gasteiger partial charge in [0.1, 0.15) is 0 Å². The quantitative estimate of drug-likeness (QED) is 0.798. The van der Waals surface area contributed by atoms with E-state index >= 15 is 0 Å². The van der Waals surface area contributed by atoms with E-state index < -0.39 is 0 Å². The van der Waals surface area contributed by atoms with Crippen LogP contribution in [0.2, 0.25) is 4.34 Å². The van der Waals surface area contributed by atoms with E-state index in [1.807, 2.05) is 6.07 Å². The molecule has 1 fully saturated rings. The predicted octanol–water partition coefficient (Wildman–Crippen LogP) is 3.32. The van der Waals surface area contributed by atoms with Gasteiger partial charge >= 0.3 is 0 Å². The summed E-state index contributed by atoms with van der Waals surface area (Å²) in [5.41, 5.74) is 0. The molecule has 1 nitrogen and oxygen atoms in total. The molecular formula is C10H14ClNS. The topological polar surface area (TPSA) is 12.0 Å². The maximum atomic E-state index is 5.90. The molecule has 2 unspecified atom stereocenters. The molecule has 2 rings (SSSR count). The molecule has 1 saturated heterocycles. The number of thiophene rings is 1. The number of hydrogen-bond acceptors (Lipinski definition) is 2. The molecule has 0 aromatic carbocycles. The predicted molar refractivity (Wildman–Crippen MR) is 58.4 cm³/mol. The van der Waals surface area contributed by atoms with Crippen LogP contribution in [0.1, 0.15) is 24.8 Å². The van der Waals surface area contributed by atoms with Gasteiger partial charge in [0.2, 0.25) is 0 Å². The standard InChI is InChI=1S/C10H14ClNS/c1-6(2)7-5-12-10(7)8-3-4-9(11)13-8/h3-4,6-7,10,12H,5H2,1-2H3. The molecule has 1 aromatic heterocycles. The summed E-state index contributed by atoms with van der Waals surface area (Å²) in [6.07, 6.45) is 0. The van der Waals surface area contributed by atoms with Crippen molar-refractivity contribution in [1.82, 2.24) is 5.32 Å². The lowest BCUT2D eigenvalue weighted by atomic mass is 9.81. The van der Waals surface area contributed by atoms with Crippen LogP contribution in [0, 0.1) is 11.8 Å². The highest BCUT2D eigenvalue weighted by molar-refractivity contribution is 7.16. The number of halogens is 1. The Morgan fingerprint density at radius 1 is 1.54 bits per heavy atom. The van der Waals surface area contributed by atoms with Gasteiger partial charge in [0, 0.05) is 17.5 Å². The summed E-state index contributed by atoms with van der Waals surface area (Å²) in [5.74, 6) is 1.54. The number of nitrogens with one attached hydrogen (secondary N) is 1. The van der Waals surface area contributed by atoms with E-state index in [2.05, 4.69) is 25.2 Å². The monoisotopic (exact) mass is 215 g/mol. The summed E-state index contributed by atoms with van der Waals surface area (Å²) in [5, 5.41) is 3.46. The van der Waals surface area contributed by atoms with Gasteiger partial charge in [-0.05, 0) is 24.0 Å². The van der Waals surface area contributed by atoms with E-state index in [9.17, 15) is 0 Å². The van der Waals surface area contributed by atoms with Crippen molar-refractivity contribution in [3.05, 3.63) is 21.3 Å². The van der Waals surface area contributed by atoms with Gasteiger partial charge in [-0.3, -0.25) is 0 Å². The van der Waals surface area contributed by atoms with E-state index in [4.69, 9.17) is 11.6 Å². The minimum Gasteiger partial charge on any atom is -0.309 e. The van der Waals surface area contributed by atoms with E-state index in [0.29, 0.717) is 6.04 Å². The largest absolute Gasteiger partial charge is 0.309 e. The van der Waals surface area contributed by atoms with Gasteiger partial charge in [-0.2, -0.15) is 0 Å². The van der Waals surface area contributed by atoms with Crippen LogP contribution in [0.4, 0.5) is 0 Å². The second-order valence-corrected chi connectivity index (χ2v) is 5.68. The maximum Gasteiger partial charge on any atom is 0.0931 e. The second-order valence-electron chi connectivity index (χ2n) is 3.94. The van der Waals surface area contributed by atoms with Gasteiger partial charge in [-0.1, -0.05) is 25.4 Å². The van der Waals surface area contributed by atoms with Crippen molar-refractivity contribution >= 4 is 22.9 Å². The van der Waals surface area contributed by atoms with Crippen LogP contribution in [0.3, 0.4) is 0 Å². The average Bonchev–Trinajstić information content (AvgIpc) is 2.32. The Hall–Kier alpha value is -0.0500. The minimum atomic E-state index is 0.553. The molecule has 72 valence electrons. The van der Waals surface area contributed by atoms with Gasteiger partial charge in [-0.15, -0.1) is 11.3 Å². The van der Waals surface area contributed by atoms with Crippen LogP contribution in [0.15, 0.2) is 12.1 Å². The first kappa shape index (κ1) is 9.50. The normalized spacial score (nSPS) is 27.7. The molecule has 0 aliphatic carbocycles. The highest BCUT2D eigenvalue weighted by Gasteiger charge is 2.34. The molecule has 1 N–H and O–H groups in total. The van der Waals surface area contributed by atoms with E-state index in [1.54, 1.807) is 11.3 Å². The van der Waals surface area contributed by atoms with Gasteiger partial charge in [0.05, 0.1) is 4.34 Å². The van der Waals surface area contributed by atoms with Crippen LogP contribution in [-0.2, 0) is 0 Å². The van der Waals surface area contributed by atoms with Crippen LogP contribution >= 0.6 is 22.9 Å². The van der Waals surface area contributed by atoms with Crippen molar-refractivity contribution in [2.24, 2.45) is 11.8 Å². The first-order valence-electron chi connectivity index (χ1n) is 4.67.